The van der Waals surface area contributed by atoms with Crippen LogP contribution >= 0.6 is 0 Å². The number of likely N-dealkylation sites (tertiary alicyclic amines) is 1. The number of hydrogen-bond donors (Lipinski definition) is 1. The van der Waals surface area contributed by atoms with Gasteiger partial charge < -0.3 is 14.6 Å². The third-order valence-corrected chi connectivity index (χ3v) is 4.80. The largest absolute Gasteiger partial charge is 0.489 e. The van der Waals surface area contributed by atoms with E-state index in [-0.39, 0.29) is 23.1 Å². The minimum Gasteiger partial charge on any atom is -0.489 e. The molecule has 4 rings (SSSR count). The number of carbonyl (C=O) groups is 1. The van der Waals surface area contributed by atoms with Crippen molar-refractivity contribution in [1.82, 2.24) is 9.88 Å². The van der Waals surface area contributed by atoms with Gasteiger partial charge >= 0.3 is 0 Å². The van der Waals surface area contributed by atoms with Crippen LogP contribution in [0.1, 0.15) is 34.5 Å². The van der Waals surface area contributed by atoms with Crippen LogP contribution in [0, 0.1) is 0 Å². The van der Waals surface area contributed by atoms with E-state index in [1.165, 1.54) is 0 Å². The number of fused-ring (bicyclic) bond motifs is 1. The smallest absolute Gasteiger partial charge is 0.261 e. The highest BCUT2D eigenvalue weighted by atomic mass is 16.5. The Morgan fingerprint density at radius 3 is 2.88 bits per heavy atom. The maximum Gasteiger partial charge on any atom is 0.261 e. The van der Waals surface area contributed by atoms with Crippen molar-refractivity contribution in [2.24, 2.45) is 0 Å². The van der Waals surface area contributed by atoms with Gasteiger partial charge in [-0.1, -0.05) is 18.2 Å². The van der Waals surface area contributed by atoms with Crippen molar-refractivity contribution in [1.29, 1.82) is 0 Å². The normalized spacial score (nSPS) is 19.3. The number of nitrogens with zero attached hydrogens (tertiary/aromatic N) is 1. The molecule has 2 aliphatic rings. The van der Waals surface area contributed by atoms with Gasteiger partial charge in [0.05, 0.1) is 6.54 Å². The highest BCUT2D eigenvalue weighted by Gasteiger charge is 2.30. The molecule has 24 heavy (non-hydrogen) atoms. The molecule has 1 amide bonds. The Hall–Kier alpha value is -2.56. The average Bonchev–Trinajstić information content (AvgIpc) is 3.23. The van der Waals surface area contributed by atoms with Crippen LogP contribution in [-0.4, -0.2) is 35.0 Å². The minimum absolute atomic E-state index is 0.0233. The second-order valence-corrected chi connectivity index (χ2v) is 6.46. The van der Waals surface area contributed by atoms with Crippen molar-refractivity contribution in [3.63, 3.8) is 0 Å². The van der Waals surface area contributed by atoms with Gasteiger partial charge in [0.2, 0.25) is 0 Å². The van der Waals surface area contributed by atoms with Crippen molar-refractivity contribution in [2.75, 3.05) is 13.1 Å². The number of para-hydroxylation sites is 1. The van der Waals surface area contributed by atoms with Gasteiger partial charge in [-0.3, -0.25) is 9.59 Å². The molecule has 5 nitrogen and oxygen atoms in total. The Kier molecular flexibility index (Phi) is 3.84. The Bertz CT molecular complexity index is 813. The first-order valence-electron chi connectivity index (χ1n) is 8.47. The summed E-state index contributed by atoms with van der Waals surface area (Å²) in [5.41, 5.74) is 2.08. The molecule has 0 bridgehead atoms. The number of hydrogen-bond acceptors (Lipinski definition) is 3. The van der Waals surface area contributed by atoms with E-state index in [1.54, 1.807) is 11.0 Å². The first-order valence-corrected chi connectivity index (χ1v) is 8.47. The van der Waals surface area contributed by atoms with Crippen LogP contribution < -0.4 is 10.3 Å². The van der Waals surface area contributed by atoms with Gasteiger partial charge in [0.25, 0.3) is 11.5 Å². The van der Waals surface area contributed by atoms with Gasteiger partial charge in [0.1, 0.15) is 17.4 Å². The molecule has 1 aromatic heterocycles. The average molecular weight is 324 g/mol. The summed E-state index contributed by atoms with van der Waals surface area (Å²) >= 11 is 0. The molecule has 1 atom stereocenters. The van der Waals surface area contributed by atoms with E-state index < -0.39 is 0 Å². The zero-order valence-corrected chi connectivity index (χ0v) is 13.5. The van der Waals surface area contributed by atoms with Crippen molar-refractivity contribution in [3.05, 3.63) is 63.6 Å². The maximum atomic E-state index is 12.7. The summed E-state index contributed by atoms with van der Waals surface area (Å²) in [6, 6.07) is 11.4. The Morgan fingerprint density at radius 2 is 2.04 bits per heavy atom. The number of aromatic amines is 1. The van der Waals surface area contributed by atoms with Crippen LogP contribution in [0.25, 0.3) is 0 Å². The molecule has 1 aliphatic carbocycles. The fraction of sp³-hybridized carbons (Fsp3) is 0.368. The van der Waals surface area contributed by atoms with Gasteiger partial charge in [-0.15, -0.1) is 0 Å². The van der Waals surface area contributed by atoms with Crippen LogP contribution in [0.15, 0.2) is 41.2 Å². The predicted molar refractivity (Wildman–Crippen MR) is 90.5 cm³/mol. The molecule has 5 heteroatoms. The number of amides is 1. The van der Waals surface area contributed by atoms with Crippen LogP contribution in [0.2, 0.25) is 0 Å². The molecule has 0 spiro atoms. The lowest BCUT2D eigenvalue weighted by Gasteiger charge is -2.17. The maximum absolute atomic E-state index is 12.7. The first kappa shape index (κ1) is 15.0. The number of ether oxygens (including phenoxy) is 1. The molecular weight excluding hydrogens is 304 g/mol. The van der Waals surface area contributed by atoms with E-state index in [0.717, 1.165) is 42.7 Å². The number of aryl methyl sites for hydroxylation is 2. The Balaban J connectivity index is 1.47. The first-order chi connectivity index (χ1) is 11.7. The molecule has 1 aliphatic heterocycles. The summed E-state index contributed by atoms with van der Waals surface area (Å²) in [7, 11) is 0. The van der Waals surface area contributed by atoms with Gasteiger partial charge in [-0.2, -0.15) is 0 Å². The summed E-state index contributed by atoms with van der Waals surface area (Å²) in [4.78, 5) is 29.5. The quantitative estimate of drug-likeness (QED) is 0.941. The van der Waals surface area contributed by atoms with E-state index in [9.17, 15) is 9.59 Å². The fourth-order valence-electron chi connectivity index (χ4n) is 3.54. The molecule has 0 saturated carbocycles. The van der Waals surface area contributed by atoms with E-state index >= 15 is 0 Å². The highest BCUT2D eigenvalue weighted by molar-refractivity contribution is 5.94. The molecule has 2 aromatic rings. The Labute approximate surface area is 140 Å². The van der Waals surface area contributed by atoms with Crippen molar-refractivity contribution < 1.29 is 9.53 Å². The van der Waals surface area contributed by atoms with E-state index in [2.05, 4.69) is 4.98 Å². The monoisotopic (exact) mass is 324 g/mol. The molecule has 0 radical (unpaired) electrons. The van der Waals surface area contributed by atoms with Gasteiger partial charge in [0.15, 0.2) is 0 Å². The fourth-order valence-corrected chi connectivity index (χ4v) is 3.54. The second kappa shape index (κ2) is 6.15. The van der Waals surface area contributed by atoms with Crippen molar-refractivity contribution >= 4 is 5.91 Å². The third-order valence-electron chi connectivity index (χ3n) is 4.80. The number of H-pyrrole nitrogens is 1. The van der Waals surface area contributed by atoms with E-state index in [1.807, 2.05) is 30.3 Å². The highest BCUT2D eigenvalue weighted by Crippen LogP contribution is 2.22. The molecule has 2 heterocycles. The van der Waals surface area contributed by atoms with Crippen molar-refractivity contribution in [2.45, 2.75) is 31.8 Å². The lowest BCUT2D eigenvalue weighted by atomic mass is 10.1. The summed E-state index contributed by atoms with van der Waals surface area (Å²) in [5, 5.41) is 0. The molecule has 124 valence electrons. The summed E-state index contributed by atoms with van der Waals surface area (Å²) in [5.74, 6) is 0.622. The topological polar surface area (TPSA) is 62.4 Å². The SMILES string of the molecule is O=C(c1cc2c([nH]c1=O)CCC2)N1CCC(Oc2ccccc2)C1. The second-order valence-electron chi connectivity index (χ2n) is 6.46. The van der Waals surface area contributed by atoms with Crippen LogP contribution in [-0.2, 0) is 12.8 Å². The molecular formula is C19H20N2O3. The zero-order valence-electron chi connectivity index (χ0n) is 13.5. The number of aromatic nitrogens is 1. The summed E-state index contributed by atoms with van der Waals surface area (Å²) in [6.45, 7) is 1.14. The van der Waals surface area contributed by atoms with E-state index in [4.69, 9.17) is 4.74 Å². The van der Waals surface area contributed by atoms with Crippen LogP contribution in [0.3, 0.4) is 0 Å². The predicted octanol–water partition coefficient (Wildman–Crippen LogP) is 2.16. The van der Waals surface area contributed by atoms with Crippen LogP contribution in [0.4, 0.5) is 0 Å². The molecule has 1 aromatic carbocycles. The standard InChI is InChI=1S/C19H20N2O3/c22-18-16(11-13-5-4-8-17(13)20-18)19(23)21-10-9-15(12-21)24-14-6-2-1-3-7-14/h1-3,6-7,11,15H,4-5,8-10,12H2,(H,20,22). The van der Waals surface area contributed by atoms with Crippen LogP contribution in [0.5, 0.6) is 5.75 Å². The molecule has 1 unspecified atom stereocenters. The number of benzene rings is 1. The summed E-state index contributed by atoms with van der Waals surface area (Å²) < 4.78 is 5.92. The molecule has 1 fully saturated rings. The minimum atomic E-state index is -0.270. The number of nitrogens with one attached hydrogen (secondary N) is 1. The van der Waals surface area contributed by atoms with Gasteiger partial charge in [0, 0.05) is 18.7 Å². The summed E-state index contributed by atoms with van der Waals surface area (Å²) in [6.07, 6.45) is 3.63. The molecule has 1 N–H and O–H groups in total. The number of rotatable bonds is 3. The zero-order chi connectivity index (χ0) is 16.5. The van der Waals surface area contributed by atoms with E-state index in [0.29, 0.717) is 13.1 Å². The van der Waals surface area contributed by atoms with Gasteiger partial charge in [-0.05, 0) is 43.0 Å². The lowest BCUT2D eigenvalue weighted by molar-refractivity contribution is 0.0770. The Morgan fingerprint density at radius 1 is 1.21 bits per heavy atom. The lowest BCUT2D eigenvalue weighted by Crippen LogP contribution is -2.34. The molecule has 1 saturated heterocycles. The number of carbonyl (C=O) groups excluding carboxylic acids is 1. The number of pyridine rings is 1. The third kappa shape index (κ3) is 2.82. The van der Waals surface area contributed by atoms with Crippen molar-refractivity contribution in [3.8, 4) is 5.75 Å². The van der Waals surface area contributed by atoms with Gasteiger partial charge in [-0.25, -0.2) is 0 Å².